The Kier molecular flexibility index (Phi) is 3.43. The zero-order chi connectivity index (χ0) is 11.5. The molecular formula is C11H15BrN4. The van der Waals surface area contributed by atoms with Gasteiger partial charge in [0.25, 0.3) is 0 Å². The Morgan fingerprint density at radius 3 is 2.81 bits per heavy atom. The predicted octanol–water partition coefficient (Wildman–Crippen LogP) is 3.09. The molecule has 4 nitrogen and oxygen atoms in total. The molecule has 0 bridgehead atoms. The first-order valence-corrected chi connectivity index (χ1v) is 6.30. The van der Waals surface area contributed by atoms with Gasteiger partial charge in [0.05, 0.1) is 0 Å². The van der Waals surface area contributed by atoms with E-state index in [1.54, 1.807) is 4.52 Å². The Morgan fingerprint density at radius 1 is 1.38 bits per heavy atom. The van der Waals surface area contributed by atoms with Crippen molar-refractivity contribution in [2.24, 2.45) is 0 Å². The highest BCUT2D eigenvalue weighted by Crippen LogP contribution is 2.13. The van der Waals surface area contributed by atoms with E-state index in [1.165, 1.54) is 0 Å². The van der Waals surface area contributed by atoms with Gasteiger partial charge in [0.15, 0.2) is 5.65 Å². The monoisotopic (exact) mass is 282 g/mol. The molecule has 0 atom stereocenters. The van der Waals surface area contributed by atoms with Crippen LogP contribution in [0, 0.1) is 0 Å². The average molecular weight is 283 g/mol. The average Bonchev–Trinajstić information content (AvgIpc) is 2.67. The largest absolute Gasteiger partial charge is 0.350 e. The Bertz CT molecular complexity index is 476. The number of nitrogens with zero attached hydrogens (tertiary/aromatic N) is 3. The molecule has 0 amide bonds. The molecule has 16 heavy (non-hydrogen) atoms. The van der Waals surface area contributed by atoms with Crippen molar-refractivity contribution < 1.29 is 0 Å². The van der Waals surface area contributed by atoms with E-state index in [2.05, 4.69) is 45.2 Å². The molecule has 2 aromatic heterocycles. The van der Waals surface area contributed by atoms with E-state index in [-0.39, 0.29) is 0 Å². The number of halogens is 1. The number of rotatable bonds is 4. The molecule has 5 heteroatoms. The summed E-state index contributed by atoms with van der Waals surface area (Å²) in [4.78, 5) is 4.41. The minimum absolute atomic E-state index is 0.445. The third kappa shape index (κ3) is 2.35. The van der Waals surface area contributed by atoms with Crippen LogP contribution >= 0.6 is 15.9 Å². The van der Waals surface area contributed by atoms with Crippen LogP contribution in [0.25, 0.3) is 5.65 Å². The molecule has 0 unspecified atom stereocenters. The van der Waals surface area contributed by atoms with Gasteiger partial charge in [-0.2, -0.15) is 4.98 Å². The second kappa shape index (κ2) is 4.82. The van der Waals surface area contributed by atoms with Gasteiger partial charge in [-0.05, 0) is 40.9 Å². The number of aromatic nitrogens is 3. The van der Waals surface area contributed by atoms with E-state index in [0.29, 0.717) is 12.0 Å². The maximum atomic E-state index is 4.41. The van der Waals surface area contributed by atoms with Gasteiger partial charge in [0, 0.05) is 16.7 Å². The summed E-state index contributed by atoms with van der Waals surface area (Å²) in [6, 6.07) is 4.35. The molecule has 2 aromatic rings. The first kappa shape index (κ1) is 11.4. The van der Waals surface area contributed by atoms with Crippen molar-refractivity contribution in [1.29, 1.82) is 0 Å². The summed E-state index contributed by atoms with van der Waals surface area (Å²) in [5, 5.41) is 7.70. The van der Waals surface area contributed by atoms with Crippen LogP contribution < -0.4 is 5.32 Å². The van der Waals surface area contributed by atoms with Crippen LogP contribution in [0.15, 0.2) is 22.8 Å². The molecule has 0 aliphatic carbocycles. The molecule has 1 N–H and O–H groups in total. The second-order valence-corrected chi connectivity index (χ2v) is 4.66. The summed E-state index contributed by atoms with van der Waals surface area (Å²) in [5.41, 5.74) is 0.858. The van der Waals surface area contributed by atoms with Crippen LogP contribution in [0.2, 0.25) is 0 Å². The fourth-order valence-corrected chi connectivity index (χ4v) is 1.92. The first-order chi connectivity index (χ1) is 7.72. The Morgan fingerprint density at radius 2 is 2.12 bits per heavy atom. The fourth-order valence-electron chi connectivity index (χ4n) is 1.59. The third-order valence-electron chi connectivity index (χ3n) is 2.61. The Hall–Kier alpha value is -1.10. The molecule has 0 radical (unpaired) electrons. The molecule has 0 saturated heterocycles. The highest BCUT2D eigenvalue weighted by atomic mass is 79.9. The summed E-state index contributed by atoms with van der Waals surface area (Å²) < 4.78 is 2.77. The minimum atomic E-state index is 0.445. The molecule has 0 aromatic carbocycles. The third-order valence-corrected chi connectivity index (χ3v) is 3.08. The molecule has 2 heterocycles. The number of hydrogen-bond acceptors (Lipinski definition) is 3. The molecule has 0 aliphatic heterocycles. The van der Waals surface area contributed by atoms with E-state index in [4.69, 9.17) is 0 Å². The van der Waals surface area contributed by atoms with Crippen LogP contribution in [0.4, 0.5) is 5.95 Å². The summed E-state index contributed by atoms with van der Waals surface area (Å²) in [5.74, 6) is 0.701. The van der Waals surface area contributed by atoms with Crippen LogP contribution in [-0.2, 0) is 0 Å². The van der Waals surface area contributed by atoms with E-state index in [9.17, 15) is 0 Å². The minimum Gasteiger partial charge on any atom is -0.350 e. The highest BCUT2D eigenvalue weighted by Gasteiger charge is 2.07. The standard InChI is InChI=1S/C11H15BrN4/c1-3-9(4-2)13-11-14-10-6-5-8(12)7-16(10)15-11/h5-7,9H,3-4H2,1-2H3,(H,13,15). The molecule has 0 fully saturated rings. The van der Waals surface area contributed by atoms with Gasteiger partial charge in [0.2, 0.25) is 5.95 Å². The van der Waals surface area contributed by atoms with Crippen molar-refractivity contribution >= 4 is 27.5 Å². The van der Waals surface area contributed by atoms with Gasteiger partial charge in [-0.15, -0.1) is 5.10 Å². The molecular weight excluding hydrogens is 268 g/mol. The molecule has 0 spiro atoms. The zero-order valence-electron chi connectivity index (χ0n) is 9.44. The van der Waals surface area contributed by atoms with Gasteiger partial charge < -0.3 is 5.32 Å². The van der Waals surface area contributed by atoms with E-state index < -0.39 is 0 Å². The quantitative estimate of drug-likeness (QED) is 0.937. The highest BCUT2D eigenvalue weighted by molar-refractivity contribution is 9.10. The van der Waals surface area contributed by atoms with Gasteiger partial charge in [0.1, 0.15) is 0 Å². The second-order valence-electron chi connectivity index (χ2n) is 3.74. The SMILES string of the molecule is CCC(CC)Nc1nc2ccc(Br)cn2n1. The lowest BCUT2D eigenvalue weighted by Crippen LogP contribution is -2.17. The van der Waals surface area contributed by atoms with E-state index >= 15 is 0 Å². The summed E-state index contributed by atoms with van der Waals surface area (Å²) in [6.07, 6.45) is 4.06. The van der Waals surface area contributed by atoms with E-state index in [0.717, 1.165) is 23.0 Å². The van der Waals surface area contributed by atoms with Crippen molar-refractivity contribution in [2.75, 3.05) is 5.32 Å². The summed E-state index contributed by atoms with van der Waals surface area (Å²) in [6.45, 7) is 4.32. The summed E-state index contributed by atoms with van der Waals surface area (Å²) >= 11 is 3.41. The zero-order valence-corrected chi connectivity index (χ0v) is 11.0. The molecule has 2 rings (SSSR count). The topological polar surface area (TPSA) is 42.2 Å². The van der Waals surface area contributed by atoms with Gasteiger partial charge >= 0.3 is 0 Å². The smallest absolute Gasteiger partial charge is 0.243 e. The maximum Gasteiger partial charge on any atom is 0.243 e. The normalized spacial score (nSPS) is 11.2. The first-order valence-electron chi connectivity index (χ1n) is 5.51. The van der Waals surface area contributed by atoms with Crippen molar-refractivity contribution in [3.63, 3.8) is 0 Å². The summed E-state index contributed by atoms with van der Waals surface area (Å²) in [7, 11) is 0. The van der Waals surface area contributed by atoms with Crippen LogP contribution in [0.5, 0.6) is 0 Å². The van der Waals surface area contributed by atoms with Crippen molar-refractivity contribution in [3.8, 4) is 0 Å². The van der Waals surface area contributed by atoms with Gasteiger partial charge in [-0.25, -0.2) is 4.52 Å². The van der Waals surface area contributed by atoms with Crippen LogP contribution in [0.1, 0.15) is 26.7 Å². The lowest BCUT2D eigenvalue weighted by atomic mass is 10.2. The van der Waals surface area contributed by atoms with Gasteiger partial charge in [-0.1, -0.05) is 13.8 Å². The Balaban J connectivity index is 2.25. The van der Waals surface area contributed by atoms with Crippen molar-refractivity contribution in [3.05, 3.63) is 22.8 Å². The number of hydrogen-bond donors (Lipinski definition) is 1. The fraction of sp³-hybridized carbons (Fsp3) is 0.455. The number of fused-ring (bicyclic) bond motifs is 1. The van der Waals surface area contributed by atoms with Crippen molar-refractivity contribution in [1.82, 2.24) is 14.6 Å². The number of pyridine rings is 1. The van der Waals surface area contributed by atoms with Gasteiger partial charge in [-0.3, -0.25) is 0 Å². The molecule has 86 valence electrons. The number of nitrogens with one attached hydrogen (secondary N) is 1. The van der Waals surface area contributed by atoms with Crippen LogP contribution in [-0.4, -0.2) is 20.6 Å². The maximum absolute atomic E-state index is 4.41. The number of anilines is 1. The van der Waals surface area contributed by atoms with Crippen LogP contribution in [0.3, 0.4) is 0 Å². The van der Waals surface area contributed by atoms with Crippen molar-refractivity contribution in [2.45, 2.75) is 32.7 Å². The lowest BCUT2D eigenvalue weighted by molar-refractivity contribution is 0.664. The molecule has 0 aliphatic rings. The predicted molar refractivity (Wildman–Crippen MR) is 68.7 cm³/mol. The lowest BCUT2D eigenvalue weighted by Gasteiger charge is -2.11. The Labute approximate surface area is 103 Å². The van der Waals surface area contributed by atoms with E-state index in [1.807, 2.05) is 18.3 Å². The molecule has 0 saturated carbocycles.